The maximum atomic E-state index is 13.2. The highest BCUT2D eigenvalue weighted by molar-refractivity contribution is 9.10. The van der Waals surface area contributed by atoms with Crippen molar-refractivity contribution in [3.05, 3.63) is 52.7 Å². The van der Waals surface area contributed by atoms with Crippen molar-refractivity contribution < 1.29 is 38.1 Å². The van der Waals surface area contributed by atoms with Gasteiger partial charge in [-0.25, -0.2) is 15.0 Å². The number of imidazole rings is 1. The van der Waals surface area contributed by atoms with E-state index in [1.54, 1.807) is 24.3 Å². The molecule has 0 amide bonds. The third-order valence-electron chi connectivity index (χ3n) is 5.28. The lowest BCUT2D eigenvalue weighted by Crippen LogP contribution is -2.40. The molecule has 1 aromatic carbocycles. The van der Waals surface area contributed by atoms with Gasteiger partial charge in [0.25, 0.3) is 0 Å². The van der Waals surface area contributed by atoms with Gasteiger partial charge in [-0.15, -0.1) is 0 Å². The van der Waals surface area contributed by atoms with Crippen molar-refractivity contribution >= 4 is 50.8 Å². The summed E-state index contributed by atoms with van der Waals surface area (Å²) in [5.41, 5.74) is 0.873. The molecule has 1 saturated heterocycles. The first kappa shape index (κ1) is 25.4. The van der Waals surface area contributed by atoms with Gasteiger partial charge in [-0.2, -0.15) is 0 Å². The zero-order chi connectivity index (χ0) is 26.0. The van der Waals surface area contributed by atoms with E-state index in [9.17, 15) is 19.2 Å². The number of nitrogens with zero attached hydrogens (tertiary/aromatic N) is 4. The third kappa shape index (κ3) is 5.26. The molecule has 0 saturated carbocycles. The van der Waals surface area contributed by atoms with E-state index >= 15 is 0 Å². The van der Waals surface area contributed by atoms with Gasteiger partial charge >= 0.3 is 17.9 Å². The van der Waals surface area contributed by atoms with E-state index in [2.05, 4.69) is 30.9 Å². The van der Waals surface area contributed by atoms with Gasteiger partial charge in [-0.05, 0) is 12.1 Å². The Morgan fingerprint density at radius 2 is 1.72 bits per heavy atom. The first-order valence-corrected chi connectivity index (χ1v) is 11.6. The Bertz CT molecular complexity index is 1340. The van der Waals surface area contributed by atoms with E-state index in [-0.39, 0.29) is 29.2 Å². The molecule has 0 radical (unpaired) electrons. The molecule has 36 heavy (non-hydrogen) atoms. The van der Waals surface area contributed by atoms with Crippen molar-refractivity contribution in [1.29, 1.82) is 0 Å². The van der Waals surface area contributed by atoms with Crippen molar-refractivity contribution in [1.82, 2.24) is 19.5 Å². The Morgan fingerprint density at radius 3 is 2.39 bits per heavy atom. The Morgan fingerprint density at radius 1 is 1.00 bits per heavy atom. The highest BCUT2D eigenvalue weighted by atomic mass is 79.9. The monoisotopic (exact) mass is 560 g/mol. The van der Waals surface area contributed by atoms with Crippen LogP contribution in [0.15, 0.2) is 41.4 Å². The molecule has 1 aliphatic heterocycles. The number of halogens is 1. The molecule has 1 fully saturated rings. The van der Waals surface area contributed by atoms with Crippen LogP contribution in [0.25, 0.3) is 11.2 Å². The van der Waals surface area contributed by atoms with Crippen molar-refractivity contribution in [2.45, 2.75) is 45.3 Å². The first-order chi connectivity index (χ1) is 17.2. The summed E-state index contributed by atoms with van der Waals surface area (Å²) in [5.74, 6) is -2.23. The van der Waals surface area contributed by atoms with Crippen LogP contribution >= 0.6 is 15.9 Å². The van der Waals surface area contributed by atoms with E-state index in [1.165, 1.54) is 38.0 Å². The Hall–Kier alpha value is -3.71. The molecule has 4 rings (SSSR count). The fourth-order valence-corrected chi connectivity index (χ4v) is 4.29. The standard InChI is InChI=1S/C23H21BrN4O8/c1-11(29)33-8-16-20(34-12(2)30)21(35-13(3)31)23(36-16)28-10-27-18-17(25-9-26-22(18)28)19(32)14-5-4-6-15(24)7-14/h4-7,9-10,16,20-21,23H,8H2,1-3H3/t16-,20-,21-,23-/m1/s1. The van der Waals surface area contributed by atoms with Crippen LogP contribution in [-0.2, 0) is 33.3 Å². The zero-order valence-electron chi connectivity index (χ0n) is 19.4. The van der Waals surface area contributed by atoms with Gasteiger partial charge < -0.3 is 18.9 Å². The normalized spacial score (nSPS) is 21.2. The van der Waals surface area contributed by atoms with Crippen molar-refractivity contribution in [3.8, 4) is 0 Å². The number of carbonyl (C=O) groups excluding carboxylic acids is 4. The van der Waals surface area contributed by atoms with Crippen LogP contribution in [0.1, 0.15) is 43.1 Å². The second kappa shape index (κ2) is 10.5. The first-order valence-electron chi connectivity index (χ1n) is 10.8. The second-order valence-electron chi connectivity index (χ2n) is 7.90. The minimum Gasteiger partial charge on any atom is -0.463 e. The van der Waals surface area contributed by atoms with E-state index in [0.717, 1.165) is 4.47 Å². The summed E-state index contributed by atoms with van der Waals surface area (Å²) < 4.78 is 24.1. The smallest absolute Gasteiger partial charge is 0.303 e. The lowest BCUT2D eigenvalue weighted by atomic mass is 10.1. The van der Waals surface area contributed by atoms with Crippen LogP contribution < -0.4 is 0 Å². The quantitative estimate of drug-likeness (QED) is 0.237. The molecule has 13 heteroatoms. The lowest BCUT2D eigenvalue weighted by molar-refractivity contribution is -0.166. The van der Waals surface area contributed by atoms with Gasteiger partial charge in [0.15, 0.2) is 24.1 Å². The van der Waals surface area contributed by atoms with E-state index in [0.29, 0.717) is 5.56 Å². The number of benzene rings is 1. The minimum absolute atomic E-state index is 0.0619. The van der Waals surface area contributed by atoms with Crippen molar-refractivity contribution in [2.24, 2.45) is 0 Å². The maximum absolute atomic E-state index is 13.2. The number of hydrogen-bond acceptors (Lipinski definition) is 11. The molecular formula is C23H21BrN4O8. The van der Waals surface area contributed by atoms with Gasteiger partial charge in [0.1, 0.15) is 30.2 Å². The molecule has 3 heterocycles. The number of aromatic nitrogens is 4. The lowest BCUT2D eigenvalue weighted by Gasteiger charge is -2.23. The summed E-state index contributed by atoms with van der Waals surface area (Å²) in [7, 11) is 0. The molecular weight excluding hydrogens is 540 g/mol. The summed E-state index contributed by atoms with van der Waals surface area (Å²) in [6, 6.07) is 6.83. The van der Waals surface area contributed by atoms with Crippen LogP contribution in [0.2, 0.25) is 0 Å². The molecule has 12 nitrogen and oxygen atoms in total. The van der Waals surface area contributed by atoms with Crippen LogP contribution in [0, 0.1) is 0 Å². The second-order valence-corrected chi connectivity index (χ2v) is 8.82. The average molecular weight is 561 g/mol. The maximum Gasteiger partial charge on any atom is 0.303 e. The fourth-order valence-electron chi connectivity index (χ4n) is 3.89. The van der Waals surface area contributed by atoms with Gasteiger partial charge in [0.2, 0.25) is 5.78 Å². The summed E-state index contributed by atoms with van der Waals surface area (Å²) in [5, 5.41) is 0. The molecule has 1 aliphatic rings. The molecule has 4 atom stereocenters. The minimum atomic E-state index is -1.12. The highest BCUT2D eigenvalue weighted by Gasteiger charge is 2.51. The molecule has 0 bridgehead atoms. The van der Waals surface area contributed by atoms with Crippen molar-refractivity contribution in [3.63, 3.8) is 0 Å². The zero-order valence-corrected chi connectivity index (χ0v) is 21.0. The van der Waals surface area contributed by atoms with Crippen LogP contribution in [0.5, 0.6) is 0 Å². The molecule has 3 aromatic rings. The predicted molar refractivity (Wildman–Crippen MR) is 125 cm³/mol. The van der Waals surface area contributed by atoms with Gasteiger partial charge in [-0.1, -0.05) is 28.1 Å². The van der Waals surface area contributed by atoms with Crippen LogP contribution in [-0.4, -0.2) is 68.1 Å². The summed E-state index contributed by atoms with van der Waals surface area (Å²) in [6.07, 6.45) is -1.65. The SMILES string of the molecule is CC(=O)OC[C@H]1O[C@@H](n2cnc3c(C(=O)c4cccc(Br)c4)ncnc32)[C@H](OC(C)=O)[C@@H]1OC(C)=O. The van der Waals surface area contributed by atoms with E-state index in [4.69, 9.17) is 18.9 Å². The highest BCUT2D eigenvalue weighted by Crippen LogP contribution is 2.36. The van der Waals surface area contributed by atoms with Crippen molar-refractivity contribution in [2.75, 3.05) is 6.61 Å². The number of hydrogen-bond donors (Lipinski definition) is 0. The number of fused-ring (bicyclic) bond motifs is 1. The summed E-state index contributed by atoms with van der Waals surface area (Å²) in [4.78, 5) is 60.9. The molecule has 188 valence electrons. The number of esters is 3. The number of rotatable bonds is 7. The topological polar surface area (TPSA) is 149 Å². The Kier molecular flexibility index (Phi) is 7.40. The Labute approximate surface area is 213 Å². The average Bonchev–Trinajstić information content (AvgIpc) is 3.38. The van der Waals surface area contributed by atoms with Gasteiger partial charge in [0.05, 0.1) is 6.33 Å². The molecule has 0 unspecified atom stereocenters. The molecule has 2 aromatic heterocycles. The fraction of sp³-hybridized carbons (Fsp3) is 0.348. The van der Waals surface area contributed by atoms with E-state index < -0.39 is 42.4 Å². The third-order valence-corrected chi connectivity index (χ3v) is 5.77. The largest absolute Gasteiger partial charge is 0.463 e. The summed E-state index contributed by atoms with van der Waals surface area (Å²) >= 11 is 3.35. The molecule has 0 spiro atoms. The van der Waals surface area contributed by atoms with Crippen LogP contribution in [0.4, 0.5) is 0 Å². The number of ketones is 1. The van der Waals surface area contributed by atoms with Crippen LogP contribution in [0.3, 0.4) is 0 Å². The van der Waals surface area contributed by atoms with Gasteiger partial charge in [0, 0.05) is 30.8 Å². The Balaban J connectivity index is 1.75. The molecule has 0 aliphatic carbocycles. The number of ether oxygens (including phenoxy) is 4. The number of carbonyl (C=O) groups is 4. The summed E-state index contributed by atoms with van der Waals surface area (Å²) in [6.45, 7) is 3.36. The molecule has 0 N–H and O–H groups in total. The van der Waals surface area contributed by atoms with E-state index in [1.807, 2.05) is 0 Å². The predicted octanol–water partition coefficient (Wildman–Crippen LogP) is 2.14. The van der Waals surface area contributed by atoms with Gasteiger partial charge in [-0.3, -0.25) is 23.7 Å².